The van der Waals surface area contributed by atoms with E-state index in [9.17, 15) is 0 Å². The number of nitrogens with zero attached hydrogens (tertiary/aromatic N) is 3. The minimum Gasteiger partial charge on any atom is -0.352 e. The SMILES string of the molecule is Cc1cc(CNC(C)Cn2cccn2)c(C)n1C. The molecule has 0 spiro atoms. The Kier molecular flexibility index (Phi) is 3.87. The highest BCUT2D eigenvalue weighted by atomic mass is 15.3. The highest BCUT2D eigenvalue weighted by Crippen LogP contribution is 2.12. The van der Waals surface area contributed by atoms with Crippen LogP contribution >= 0.6 is 0 Å². The van der Waals surface area contributed by atoms with E-state index in [-0.39, 0.29) is 0 Å². The molecule has 18 heavy (non-hydrogen) atoms. The van der Waals surface area contributed by atoms with Gasteiger partial charge < -0.3 is 9.88 Å². The van der Waals surface area contributed by atoms with Crippen LogP contribution in [0.3, 0.4) is 0 Å². The second kappa shape index (κ2) is 5.40. The van der Waals surface area contributed by atoms with Crippen molar-refractivity contribution in [1.29, 1.82) is 0 Å². The lowest BCUT2D eigenvalue weighted by Gasteiger charge is -2.14. The summed E-state index contributed by atoms with van der Waals surface area (Å²) in [5.74, 6) is 0. The molecule has 1 atom stereocenters. The number of hydrogen-bond acceptors (Lipinski definition) is 2. The third-order valence-corrected chi connectivity index (χ3v) is 3.54. The van der Waals surface area contributed by atoms with Crippen LogP contribution < -0.4 is 5.32 Å². The first-order valence-corrected chi connectivity index (χ1v) is 6.40. The van der Waals surface area contributed by atoms with Gasteiger partial charge in [0.1, 0.15) is 0 Å². The van der Waals surface area contributed by atoms with Gasteiger partial charge in [0.25, 0.3) is 0 Å². The van der Waals surface area contributed by atoms with Crippen molar-refractivity contribution in [2.45, 2.75) is 39.9 Å². The molecule has 2 rings (SSSR count). The third-order valence-electron chi connectivity index (χ3n) is 3.54. The summed E-state index contributed by atoms with van der Waals surface area (Å²) >= 11 is 0. The lowest BCUT2D eigenvalue weighted by atomic mass is 10.2. The zero-order valence-corrected chi connectivity index (χ0v) is 11.6. The maximum atomic E-state index is 4.22. The van der Waals surface area contributed by atoms with Gasteiger partial charge in [-0.25, -0.2) is 0 Å². The Balaban J connectivity index is 1.89. The lowest BCUT2D eigenvalue weighted by molar-refractivity contribution is 0.450. The summed E-state index contributed by atoms with van der Waals surface area (Å²) in [6.45, 7) is 8.31. The molecule has 0 fully saturated rings. The van der Waals surface area contributed by atoms with E-state index in [2.05, 4.69) is 48.9 Å². The van der Waals surface area contributed by atoms with E-state index < -0.39 is 0 Å². The van der Waals surface area contributed by atoms with Crippen molar-refractivity contribution in [2.24, 2.45) is 7.05 Å². The summed E-state index contributed by atoms with van der Waals surface area (Å²) in [6.07, 6.45) is 3.81. The first-order chi connectivity index (χ1) is 8.58. The quantitative estimate of drug-likeness (QED) is 0.876. The van der Waals surface area contributed by atoms with E-state index in [1.165, 1.54) is 17.0 Å². The molecule has 4 nitrogen and oxygen atoms in total. The minimum atomic E-state index is 0.407. The molecule has 0 aliphatic carbocycles. The van der Waals surface area contributed by atoms with E-state index in [0.717, 1.165) is 13.1 Å². The monoisotopic (exact) mass is 246 g/mol. The molecule has 2 aromatic heterocycles. The van der Waals surface area contributed by atoms with Crippen LogP contribution in [-0.4, -0.2) is 20.4 Å². The van der Waals surface area contributed by atoms with Gasteiger partial charge in [-0.05, 0) is 38.5 Å². The first kappa shape index (κ1) is 12.9. The maximum Gasteiger partial charge on any atom is 0.0560 e. The van der Waals surface area contributed by atoms with Gasteiger partial charge in [-0.15, -0.1) is 0 Å². The second-order valence-corrected chi connectivity index (χ2v) is 4.97. The molecule has 2 heterocycles. The van der Waals surface area contributed by atoms with E-state index in [0.29, 0.717) is 6.04 Å². The zero-order chi connectivity index (χ0) is 13.1. The van der Waals surface area contributed by atoms with E-state index in [1.807, 2.05) is 23.1 Å². The molecule has 98 valence electrons. The van der Waals surface area contributed by atoms with Gasteiger partial charge >= 0.3 is 0 Å². The van der Waals surface area contributed by atoms with Crippen molar-refractivity contribution in [3.8, 4) is 0 Å². The van der Waals surface area contributed by atoms with Gasteiger partial charge in [0.05, 0.1) is 6.54 Å². The lowest BCUT2D eigenvalue weighted by Crippen LogP contribution is -2.30. The molecule has 1 unspecified atom stereocenters. The molecule has 2 aromatic rings. The van der Waals surface area contributed by atoms with E-state index >= 15 is 0 Å². The average Bonchev–Trinajstić information content (AvgIpc) is 2.92. The van der Waals surface area contributed by atoms with E-state index in [1.54, 1.807) is 0 Å². The Bertz CT molecular complexity index is 496. The molecule has 0 saturated heterocycles. The second-order valence-electron chi connectivity index (χ2n) is 4.97. The van der Waals surface area contributed by atoms with Gasteiger partial charge in [-0.2, -0.15) is 5.10 Å². The molecule has 0 aliphatic heterocycles. The molecule has 0 aliphatic rings. The third kappa shape index (κ3) is 2.82. The number of rotatable bonds is 5. The van der Waals surface area contributed by atoms with Crippen LogP contribution in [-0.2, 0) is 20.1 Å². The standard InChI is InChI=1S/C14H22N4/c1-11(10-18-7-5-6-16-18)15-9-14-8-12(2)17(4)13(14)3/h5-8,11,15H,9-10H2,1-4H3. The summed E-state index contributed by atoms with van der Waals surface area (Å²) in [5.41, 5.74) is 4.03. The van der Waals surface area contributed by atoms with Gasteiger partial charge in [0, 0.05) is 43.4 Å². The van der Waals surface area contributed by atoms with Crippen LogP contribution in [0.25, 0.3) is 0 Å². The van der Waals surface area contributed by atoms with Crippen molar-refractivity contribution in [2.75, 3.05) is 0 Å². The molecular weight excluding hydrogens is 224 g/mol. The molecular formula is C14H22N4. The molecule has 4 heteroatoms. The van der Waals surface area contributed by atoms with Gasteiger partial charge in [-0.1, -0.05) is 0 Å². The van der Waals surface area contributed by atoms with Crippen LogP contribution in [0.1, 0.15) is 23.9 Å². The van der Waals surface area contributed by atoms with Crippen molar-refractivity contribution in [3.63, 3.8) is 0 Å². The molecule has 0 radical (unpaired) electrons. The van der Waals surface area contributed by atoms with Crippen LogP contribution in [0.2, 0.25) is 0 Å². The van der Waals surface area contributed by atoms with Crippen molar-refractivity contribution < 1.29 is 0 Å². The number of nitrogens with one attached hydrogen (secondary N) is 1. The summed E-state index contributed by atoms with van der Waals surface area (Å²) in [4.78, 5) is 0. The Labute approximate surface area is 109 Å². The first-order valence-electron chi connectivity index (χ1n) is 6.40. The van der Waals surface area contributed by atoms with Crippen molar-refractivity contribution in [3.05, 3.63) is 41.5 Å². The molecule has 1 N–H and O–H groups in total. The molecule has 0 bridgehead atoms. The van der Waals surface area contributed by atoms with Crippen LogP contribution in [0, 0.1) is 13.8 Å². The predicted octanol–water partition coefficient (Wildman–Crippen LogP) is 2.02. The fourth-order valence-corrected chi connectivity index (χ4v) is 2.15. The average molecular weight is 246 g/mol. The highest BCUT2D eigenvalue weighted by molar-refractivity contribution is 5.26. The predicted molar refractivity (Wildman–Crippen MR) is 73.4 cm³/mol. The summed E-state index contributed by atoms with van der Waals surface area (Å²) in [7, 11) is 2.11. The molecule has 0 saturated carbocycles. The summed E-state index contributed by atoms with van der Waals surface area (Å²) in [5, 5.41) is 7.76. The fourth-order valence-electron chi connectivity index (χ4n) is 2.15. The van der Waals surface area contributed by atoms with Gasteiger partial charge in [0.15, 0.2) is 0 Å². The minimum absolute atomic E-state index is 0.407. The zero-order valence-electron chi connectivity index (χ0n) is 11.6. The van der Waals surface area contributed by atoms with Crippen molar-refractivity contribution >= 4 is 0 Å². The summed E-state index contributed by atoms with van der Waals surface area (Å²) < 4.78 is 4.19. The van der Waals surface area contributed by atoms with Gasteiger partial charge in [0.2, 0.25) is 0 Å². The smallest absolute Gasteiger partial charge is 0.0560 e. The van der Waals surface area contributed by atoms with Gasteiger partial charge in [-0.3, -0.25) is 4.68 Å². The molecule has 0 amide bonds. The highest BCUT2D eigenvalue weighted by Gasteiger charge is 2.08. The normalized spacial score (nSPS) is 12.9. The maximum absolute atomic E-state index is 4.22. The number of aryl methyl sites for hydroxylation is 1. The Morgan fingerprint density at radius 3 is 2.72 bits per heavy atom. The largest absolute Gasteiger partial charge is 0.352 e. The summed E-state index contributed by atoms with van der Waals surface area (Å²) in [6, 6.07) is 4.62. The Hall–Kier alpha value is -1.55. The van der Waals surface area contributed by atoms with E-state index in [4.69, 9.17) is 0 Å². The van der Waals surface area contributed by atoms with Crippen LogP contribution in [0.4, 0.5) is 0 Å². The number of aromatic nitrogens is 3. The fraction of sp³-hybridized carbons (Fsp3) is 0.500. The van der Waals surface area contributed by atoms with Crippen LogP contribution in [0.5, 0.6) is 0 Å². The topological polar surface area (TPSA) is 34.8 Å². The number of hydrogen-bond donors (Lipinski definition) is 1. The Morgan fingerprint density at radius 2 is 2.17 bits per heavy atom. The Morgan fingerprint density at radius 1 is 1.39 bits per heavy atom. The van der Waals surface area contributed by atoms with Crippen molar-refractivity contribution in [1.82, 2.24) is 19.7 Å². The van der Waals surface area contributed by atoms with Crippen LogP contribution in [0.15, 0.2) is 24.5 Å². The molecule has 0 aromatic carbocycles.